The van der Waals surface area contributed by atoms with Gasteiger partial charge in [0.1, 0.15) is 17.5 Å². The average Bonchev–Trinajstić information content (AvgIpc) is 3.41. The molecule has 10 nitrogen and oxygen atoms in total. The molecule has 2 atom stereocenters. The Morgan fingerprint density at radius 3 is 2.56 bits per heavy atom. The lowest BCUT2D eigenvalue weighted by molar-refractivity contribution is -0.141. The highest BCUT2D eigenvalue weighted by Gasteiger charge is 2.38. The summed E-state index contributed by atoms with van der Waals surface area (Å²) in [6.45, 7) is 0.682. The fourth-order valence-corrected chi connectivity index (χ4v) is 4.29. The van der Waals surface area contributed by atoms with Gasteiger partial charge in [0.15, 0.2) is 6.61 Å². The highest BCUT2D eigenvalue weighted by atomic mass is 16.5. The smallest absolute Gasteiger partial charge is 0.281 e. The third-order valence-corrected chi connectivity index (χ3v) is 6.10. The molecule has 0 spiro atoms. The van der Waals surface area contributed by atoms with E-state index >= 15 is 0 Å². The number of hydrogen-bond donors (Lipinski definition) is 4. The molecule has 2 aliphatic heterocycles. The molecule has 2 aliphatic rings. The molecule has 0 aromatic heterocycles. The number of nitrogens with one attached hydrogen (secondary N) is 3. The molecular weight excluding hydrogens is 440 g/mol. The molecule has 1 fully saturated rings. The largest absolute Gasteiger partial charge is 0.497 e. The number of nitrogens with zero attached hydrogens (tertiary/aromatic N) is 1. The van der Waals surface area contributed by atoms with E-state index in [0.29, 0.717) is 23.6 Å². The maximum absolute atomic E-state index is 13.4. The summed E-state index contributed by atoms with van der Waals surface area (Å²) in [6, 6.07) is 11.4. The minimum atomic E-state index is -0.670. The number of methoxy groups -OCH3 is 1. The molecule has 2 aromatic rings. The quantitative estimate of drug-likeness (QED) is 0.355. The highest BCUT2D eigenvalue weighted by Crippen LogP contribution is 2.29. The van der Waals surface area contributed by atoms with E-state index in [1.807, 2.05) is 6.07 Å². The van der Waals surface area contributed by atoms with Gasteiger partial charge in [-0.25, -0.2) is 5.48 Å². The number of hydrogen-bond acceptors (Lipinski definition) is 7. The fourth-order valence-electron chi connectivity index (χ4n) is 4.29. The van der Waals surface area contributed by atoms with Crippen LogP contribution in [0.1, 0.15) is 24.0 Å². The summed E-state index contributed by atoms with van der Waals surface area (Å²) >= 11 is 0. The first-order valence-electron chi connectivity index (χ1n) is 11.1. The normalized spacial score (nSPS) is 19.2. The number of anilines is 1. The molecule has 4 N–H and O–H groups in total. The Labute approximate surface area is 197 Å². The second-order valence-electron chi connectivity index (χ2n) is 8.31. The molecule has 180 valence electrons. The van der Waals surface area contributed by atoms with Crippen LogP contribution in [0.15, 0.2) is 42.5 Å². The summed E-state index contributed by atoms with van der Waals surface area (Å²) in [4.78, 5) is 39.5. The van der Waals surface area contributed by atoms with Gasteiger partial charge in [-0.1, -0.05) is 6.07 Å². The zero-order valence-corrected chi connectivity index (χ0v) is 18.9. The predicted octanol–water partition coefficient (Wildman–Crippen LogP) is 1.22. The number of benzene rings is 2. The summed E-state index contributed by atoms with van der Waals surface area (Å²) in [6.07, 6.45) is 2.00. The number of amides is 3. The summed E-state index contributed by atoms with van der Waals surface area (Å²) in [5.41, 5.74) is 3.92. The van der Waals surface area contributed by atoms with Gasteiger partial charge < -0.3 is 25.0 Å². The van der Waals surface area contributed by atoms with Crippen LogP contribution in [0, 0.1) is 0 Å². The van der Waals surface area contributed by atoms with Gasteiger partial charge in [-0.3, -0.25) is 19.6 Å². The van der Waals surface area contributed by atoms with E-state index in [0.717, 1.165) is 30.5 Å². The third kappa shape index (κ3) is 5.29. The molecule has 34 heavy (non-hydrogen) atoms. The highest BCUT2D eigenvalue weighted by molar-refractivity contribution is 5.98. The van der Waals surface area contributed by atoms with Crippen molar-refractivity contribution < 1.29 is 29.1 Å². The Morgan fingerprint density at radius 1 is 1.12 bits per heavy atom. The molecule has 0 saturated carbocycles. The van der Waals surface area contributed by atoms with Gasteiger partial charge >= 0.3 is 0 Å². The lowest BCUT2D eigenvalue weighted by atomic mass is 9.92. The van der Waals surface area contributed by atoms with Crippen LogP contribution in [0.3, 0.4) is 0 Å². The maximum Gasteiger partial charge on any atom is 0.281 e. The van der Waals surface area contributed by atoms with Gasteiger partial charge in [0.05, 0.1) is 13.2 Å². The number of ether oxygens (including phenoxy) is 2. The van der Waals surface area contributed by atoms with E-state index in [1.54, 1.807) is 48.4 Å². The Balaban J connectivity index is 1.55. The average molecular weight is 469 g/mol. The van der Waals surface area contributed by atoms with E-state index in [9.17, 15) is 14.4 Å². The molecule has 2 heterocycles. The van der Waals surface area contributed by atoms with Crippen molar-refractivity contribution in [3.8, 4) is 11.5 Å². The van der Waals surface area contributed by atoms with Crippen LogP contribution >= 0.6 is 0 Å². The van der Waals surface area contributed by atoms with Crippen molar-refractivity contribution >= 4 is 23.4 Å². The van der Waals surface area contributed by atoms with E-state index in [4.69, 9.17) is 14.7 Å². The van der Waals surface area contributed by atoms with Crippen LogP contribution in [-0.4, -0.2) is 60.2 Å². The monoisotopic (exact) mass is 468 g/mol. The van der Waals surface area contributed by atoms with E-state index in [1.165, 1.54) is 5.48 Å². The second kappa shape index (κ2) is 10.5. The van der Waals surface area contributed by atoms with Crippen LogP contribution in [0.25, 0.3) is 0 Å². The lowest BCUT2D eigenvalue weighted by Gasteiger charge is -2.37. The lowest BCUT2D eigenvalue weighted by Crippen LogP contribution is -2.55. The van der Waals surface area contributed by atoms with Gasteiger partial charge in [0.2, 0.25) is 11.8 Å². The summed E-state index contributed by atoms with van der Waals surface area (Å²) in [5, 5.41) is 14.8. The Morgan fingerprint density at radius 2 is 1.88 bits per heavy atom. The number of carbonyl (C=O) groups excluding carboxylic acids is 3. The number of rotatable bonds is 7. The first-order chi connectivity index (χ1) is 16.5. The van der Waals surface area contributed by atoms with Crippen LogP contribution < -0.4 is 25.6 Å². The molecule has 1 saturated heterocycles. The predicted molar refractivity (Wildman–Crippen MR) is 123 cm³/mol. The molecular formula is C24H28N4O6. The van der Waals surface area contributed by atoms with Crippen molar-refractivity contribution in [2.45, 2.75) is 37.9 Å². The molecule has 2 aromatic carbocycles. The van der Waals surface area contributed by atoms with Crippen LogP contribution in [0.5, 0.6) is 11.5 Å². The molecule has 0 bridgehead atoms. The van der Waals surface area contributed by atoms with Gasteiger partial charge in [-0.2, -0.15) is 0 Å². The van der Waals surface area contributed by atoms with Gasteiger partial charge in [-0.05, 0) is 66.9 Å². The first-order valence-corrected chi connectivity index (χ1v) is 11.1. The van der Waals surface area contributed by atoms with Crippen molar-refractivity contribution in [2.75, 3.05) is 25.6 Å². The summed E-state index contributed by atoms with van der Waals surface area (Å²) < 4.78 is 10.6. The minimum Gasteiger partial charge on any atom is -0.497 e. The van der Waals surface area contributed by atoms with Gasteiger partial charge in [0.25, 0.3) is 5.91 Å². The number of hydroxylamine groups is 1. The molecule has 0 aliphatic carbocycles. The van der Waals surface area contributed by atoms with E-state index < -0.39 is 11.9 Å². The van der Waals surface area contributed by atoms with Crippen LogP contribution in [0.4, 0.5) is 5.69 Å². The van der Waals surface area contributed by atoms with Crippen molar-refractivity contribution in [1.29, 1.82) is 0 Å². The summed E-state index contributed by atoms with van der Waals surface area (Å²) in [5.74, 6) is 0.0845. The molecule has 4 rings (SSSR count). The molecule has 0 unspecified atom stereocenters. The molecule has 10 heteroatoms. The number of fused-ring (bicyclic) bond motifs is 1. The van der Waals surface area contributed by atoms with E-state index in [-0.39, 0.29) is 31.0 Å². The van der Waals surface area contributed by atoms with Gasteiger partial charge in [-0.15, -0.1) is 0 Å². The molecule has 0 radical (unpaired) electrons. The Hall–Kier alpha value is -3.63. The van der Waals surface area contributed by atoms with Crippen molar-refractivity contribution in [3.63, 3.8) is 0 Å². The number of carbonyl (C=O) groups is 3. The van der Waals surface area contributed by atoms with Crippen molar-refractivity contribution in [3.05, 3.63) is 53.6 Å². The first kappa shape index (κ1) is 23.5. The topological polar surface area (TPSA) is 129 Å². The fraction of sp³-hybridized carbons (Fsp3) is 0.375. The zero-order valence-electron chi connectivity index (χ0n) is 18.9. The van der Waals surface area contributed by atoms with Gasteiger partial charge in [0, 0.05) is 18.7 Å². The minimum absolute atomic E-state index is 0.107. The Kier molecular flexibility index (Phi) is 7.29. The van der Waals surface area contributed by atoms with Crippen LogP contribution in [-0.2, 0) is 27.3 Å². The third-order valence-electron chi connectivity index (χ3n) is 6.10. The molecule has 3 amide bonds. The van der Waals surface area contributed by atoms with E-state index in [2.05, 4.69) is 10.6 Å². The zero-order chi connectivity index (χ0) is 24.1. The maximum atomic E-state index is 13.4. The second-order valence-corrected chi connectivity index (χ2v) is 8.31. The van der Waals surface area contributed by atoms with Crippen molar-refractivity contribution in [2.24, 2.45) is 0 Å². The van der Waals surface area contributed by atoms with Crippen molar-refractivity contribution in [1.82, 2.24) is 15.7 Å². The van der Waals surface area contributed by atoms with Crippen LogP contribution in [0.2, 0.25) is 0 Å². The summed E-state index contributed by atoms with van der Waals surface area (Å²) in [7, 11) is 1.57. The Bertz CT molecular complexity index is 1050. The SMILES string of the molecule is COc1ccc(NC(=O)[C@@H]2Cc3ccc(OCC(=O)NO)cc3CN2C(=O)[C@@H]2CCCN2)cc1. The standard InChI is InChI=1S/C24H28N4O6/c1-33-18-8-5-17(6-9-18)26-23(30)21-12-15-4-7-19(34-14-22(29)27-32)11-16(15)13-28(21)24(31)20-3-2-10-25-20/h4-9,11,20-21,25,32H,2-3,10,12-14H2,1H3,(H,26,30)(H,27,29)/t20-,21-/m0/s1.